The number of carboxylic acids is 1. The van der Waals surface area contributed by atoms with E-state index in [0.717, 1.165) is 4.47 Å². The first-order chi connectivity index (χ1) is 8.90. The van der Waals surface area contributed by atoms with E-state index in [4.69, 9.17) is 16.7 Å². The molecule has 6 heteroatoms. The maximum Gasteiger partial charge on any atom is 0.303 e. The Labute approximate surface area is 125 Å². The predicted octanol–water partition coefficient (Wildman–Crippen LogP) is 3.48. The van der Waals surface area contributed by atoms with Crippen molar-refractivity contribution < 1.29 is 14.7 Å². The quantitative estimate of drug-likeness (QED) is 0.827. The molecule has 0 bridgehead atoms. The van der Waals surface area contributed by atoms with Gasteiger partial charge in [0.2, 0.25) is 0 Å². The van der Waals surface area contributed by atoms with Gasteiger partial charge in [-0.2, -0.15) is 0 Å². The molecule has 1 atom stereocenters. The standard InChI is InChI=1S/C13H15BrClNO3/c1-8(3-2-4-12(17)18)16-13(19)10-6-5-9(14)7-11(10)15/h5-8H,2-4H2,1H3,(H,16,19)(H,17,18). The zero-order valence-electron chi connectivity index (χ0n) is 10.5. The third kappa shape index (κ3) is 5.61. The van der Waals surface area contributed by atoms with E-state index < -0.39 is 5.97 Å². The highest BCUT2D eigenvalue weighted by atomic mass is 79.9. The Kier molecular flexibility index (Phi) is 6.31. The summed E-state index contributed by atoms with van der Waals surface area (Å²) >= 11 is 9.26. The molecule has 0 aliphatic rings. The fourth-order valence-electron chi connectivity index (χ4n) is 1.61. The molecule has 0 saturated carbocycles. The zero-order valence-corrected chi connectivity index (χ0v) is 12.8. The summed E-state index contributed by atoms with van der Waals surface area (Å²) in [4.78, 5) is 22.3. The van der Waals surface area contributed by atoms with Crippen LogP contribution in [0.1, 0.15) is 36.5 Å². The van der Waals surface area contributed by atoms with Crippen molar-refractivity contribution >= 4 is 39.4 Å². The second-order valence-electron chi connectivity index (χ2n) is 4.28. The highest BCUT2D eigenvalue weighted by Crippen LogP contribution is 2.21. The van der Waals surface area contributed by atoms with E-state index in [9.17, 15) is 9.59 Å². The molecule has 104 valence electrons. The van der Waals surface area contributed by atoms with Gasteiger partial charge in [0.1, 0.15) is 0 Å². The van der Waals surface area contributed by atoms with Crippen LogP contribution >= 0.6 is 27.5 Å². The van der Waals surface area contributed by atoms with Gasteiger partial charge in [-0.1, -0.05) is 27.5 Å². The lowest BCUT2D eigenvalue weighted by atomic mass is 10.1. The molecule has 1 unspecified atom stereocenters. The number of halogens is 2. The SMILES string of the molecule is CC(CCCC(=O)O)NC(=O)c1ccc(Br)cc1Cl. The Hall–Kier alpha value is -1.07. The lowest BCUT2D eigenvalue weighted by Crippen LogP contribution is -2.32. The Morgan fingerprint density at radius 3 is 2.74 bits per heavy atom. The minimum atomic E-state index is -0.825. The lowest BCUT2D eigenvalue weighted by Gasteiger charge is -2.14. The van der Waals surface area contributed by atoms with E-state index in [-0.39, 0.29) is 18.4 Å². The molecule has 0 aliphatic carbocycles. The number of aliphatic carboxylic acids is 1. The molecular weight excluding hydrogens is 334 g/mol. The fourth-order valence-corrected chi connectivity index (χ4v) is 2.37. The van der Waals surface area contributed by atoms with Gasteiger partial charge in [0, 0.05) is 16.9 Å². The summed E-state index contributed by atoms with van der Waals surface area (Å²) in [7, 11) is 0. The number of rotatable bonds is 6. The van der Waals surface area contributed by atoms with Crippen LogP contribution in [0.2, 0.25) is 5.02 Å². The van der Waals surface area contributed by atoms with E-state index in [1.165, 1.54) is 0 Å². The van der Waals surface area contributed by atoms with Crippen LogP contribution < -0.4 is 5.32 Å². The highest BCUT2D eigenvalue weighted by molar-refractivity contribution is 9.10. The monoisotopic (exact) mass is 347 g/mol. The van der Waals surface area contributed by atoms with Crippen molar-refractivity contribution in [3.05, 3.63) is 33.3 Å². The topological polar surface area (TPSA) is 66.4 Å². The lowest BCUT2D eigenvalue weighted by molar-refractivity contribution is -0.137. The van der Waals surface area contributed by atoms with Gasteiger partial charge in [-0.15, -0.1) is 0 Å². The summed E-state index contributed by atoms with van der Waals surface area (Å²) in [6, 6.07) is 4.96. The number of hydrogen-bond donors (Lipinski definition) is 2. The first kappa shape index (κ1) is 16.0. The molecule has 1 rings (SSSR count). The fraction of sp³-hybridized carbons (Fsp3) is 0.385. The summed E-state index contributed by atoms with van der Waals surface area (Å²) < 4.78 is 0.809. The molecule has 0 saturated heterocycles. The number of carbonyl (C=O) groups is 2. The van der Waals surface area contributed by atoms with Crippen LogP contribution in [0, 0.1) is 0 Å². The van der Waals surface area contributed by atoms with E-state index in [1.54, 1.807) is 18.2 Å². The Morgan fingerprint density at radius 1 is 1.47 bits per heavy atom. The van der Waals surface area contributed by atoms with E-state index >= 15 is 0 Å². The second-order valence-corrected chi connectivity index (χ2v) is 5.61. The minimum absolute atomic E-state index is 0.0911. The van der Waals surface area contributed by atoms with Gasteiger partial charge >= 0.3 is 5.97 Å². The molecule has 1 amide bonds. The highest BCUT2D eigenvalue weighted by Gasteiger charge is 2.13. The van der Waals surface area contributed by atoms with Gasteiger partial charge in [-0.05, 0) is 38.0 Å². The van der Waals surface area contributed by atoms with Crippen LogP contribution in [-0.4, -0.2) is 23.0 Å². The zero-order chi connectivity index (χ0) is 14.4. The largest absolute Gasteiger partial charge is 0.481 e. The molecule has 2 N–H and O–H groups in total. The van der Waals surface area contributed by atoms with Crippen LogP contribution in [0.15, 0.2) is 22.7 Å². The van der Waals surface area contributed by atoms with Crippen LogP contribution in [-0.2, 0) is 4.79 Å². The number of nitrogens with one attached hydrogen (secondary N) is 1. The van der Waals surface area contributed by atoms with Crippen molar-refractivity contribution in [3.8, 4) is 0 Å². The summed E-state index contributed by atoms with van der Waals surface area (Å²) in [5, 5.41) is 11.7. The first-order valence-electron chi connectivity index (χ1n) is 5.88. The maximum atomic E-state index is 12.0. The van der Waals surface area contributed by atoms with Crippen molar-refractivity contribution in [2.45, 2.75) is 32.2 Å². The average molecular weight is 349 g/mol. The summed E-state index contributed by atoms with van der Waals surface area (Å²) in [6.07, 6.45) is 1.26. The van der Waals surface area contributed by atoms with Gasteiger partial charge in [-0.3, -0.25) is 9.59 Å². The number of carbonyl (C=O) groups excluding carboxylic acids is 1. The molecule has 0 heterocycles. The molecule has 4 nitrogen and oxygen atoms in total. The van der Waals surface area contributed by atoms with E-state index in [0.29, 0.717) is 23.4 Å². The van der Waals surface area contributed by atoms with Crippen LogP contribution in [0.5, 0.6) is 0 Å². The van der Waals surface area contributed by atoms with Crippen molar-refractivity contribution in [2.24, 2.45) is 0 Å². The molecule has 0 radical (unpaired) electrons. The maximum absolute atomic E-state index is 12.0. The summed E-state index contributed by atoms with van der Waals surface area (Å²) in [5.74, 6) is -1.07. The van der Waals surface area contributed by atoms with Crippen LogP contribution in [0.3, 0.4) is 0 Å². The number of carboxylic acid groups (broad SMARTS) is 1. The Bertz CT molecular complexity index is 479. The normalized spacial score (nSPS) is 11.9. The molecule has 19 heavy (non-hydrogen) atoms. The Balaban J connectivity index is 2.52. The van der Waals surface area contributed by atoms with Crippen molar-refractivity contribution in [2.75, 3.05) is 0 Å². The Morgan fingerprint density at radius 2 is 2.16 bits per heavy atom. The average Bonchev–Trinajstić information content (AvgIpc) is 2.27. The van der Waals surface area contributed by atoms with Gasteiger partial charge in [0.15, 0.2) is 0 Å². The molecule has 0 spiro atoms. The first-order valence-corrected chi connectivity index (χ1v) is 7.05. The van der Waals surface area contributed by atoms with Gasteiger partial charge in [-0.25, -0.2) is 0 Å². The van der Waals surface area contributed by atoms with Crippen LogP contribution in [0.25, 0.3) is 0 Å². The minimum Gasteiger partial charge on any atom is -0.481 e. The number of amides is 1. The van der Waals surface area contributed by atoms with Crippen molar-refractivity contribution in [1.82, 2.24) is 5.32 Å². The van der Waals surface area contributed by atoms with Crippen molar-refractivity contribution in [3.63, 3.8) is 0 Å². The summed E-state index contributed by atoms with van der Waals surface area (Å²) in [6.45, 7) is 1.84. The van der Waals surface area contributed by atoms with Crippen molar-refractivity contribution in [1.29, 1.82) is 0 Å². The predicted molar refractivity (Wildman–Crippen MR) is 77.6 cm³/mol. The van der Waals surface area contributed by atoms with E-state index in [2.05, 4.69) is 21.2 Å². The number of benzene rings is 1. The molecule has 0 aliphatic heterocycles. The van der Waals surface area contributed by atoms with Crippen LogP contribution in [0.4, 0.5) is 0 Å². The molecule has 1 aromatic rings. The molecule has 0 fully saturated rings. The number of hydrogen-bond acceptors (Lipinski definition) is 2. The molecule has 0 aromatic heterocycles. The molecule has 1 aromatic carbocycles. The third-order valence-electron chi connectivity index (χ3n) is 2.58. The van der Waals surface area contributed by atoms with Gasteiger partial charge in [0.25, 0.3) is 5.91 Å². The second kappa shape index (κ2) is 7.50. The summed E-state index contributed by atoms with van der Waals surface area (Å²) in [5.41, 5.74) is 0.412. The van der Waals surface area contributed by atoms with Gasteiger partial charge in [0.05, 0.1) is 10.6 Å². The third-order valence-corrected chi connectivity index (χ3v) is 3.39. The van der Waals surface area contributed by atoms with Gasteiger partial charge < -0.3 is 10.4 Å². The molecular formula is C13H15BrClNO3. The van der Waals surface area contributed by atoms with E-state index in [1.807, 2.05) is 6.92 Å². The smallest absolute Gasteiger partial charge is 0.303 e.